The van der Waals surface area contributed by atoms with Crippen LogP contribution < -0.4 is 10.2 Å². The molecule has 132 valence electrons. The number of hydrogen-bond acceptors (Lipinski definition) is 2. The van der Waals surface area contributed by atoms with Gasteiger partial charge in [0, 0.05) is 23.8 Å². The number of amides is 2. The minimum Gasteiger partial charge on any atom is -0.351 e. The van der Waals surface area contributed by atoms with Crippen molar-refractivity contribution in [3.8, 4) is 0 Å². The van der Waals surface area contributed by atoms with Gasteiger partial charge < -0.3 is 10.2 Å². The molecule has 2 amide bonds. The van der Waals surface area contributed by atoms with E-state index in [1.165, 1.54) is 0 Å². The summed E-state index contributed by atoms with van der Waals surface area (Å²) < 4.78 is 0. The Balaban J connectivity index is 2.08. The van der Waals surface area contributed by atoms with E-state index in [9.17, 15) is 9.59 Å². The first-order chi connectivity index (χ1) is 11.9. The van der Waals surface area contributed by atoms with Gasteiger partial charge in [0.15, 0.2) is 0 Å². The Morgan fingerprint density at radius 2 is 1.64 bits per heavy atom. The predicted molar refractivity (Wildman–Crippen MR) is 102 cm³/mol. The lowest BCUT2D eigenvalue weighted by atomic mass is 9.89. The number of halogens is 1. The lowest BCUT2D eigenvalue weighted by molar-refractivity contribution is -0.139. The summed E-state index contributed by atoms with van der Waals surface area (Å²) in [6.45, 7) is 6.05. The van der Waals surface area contributed by atoms with Gasteiger partial charge in [-0.3, -0.25) is 9.59 Å². The van der Waals surface area contributed by atoms with E-state index in [1.807, 2.05) is 49.4 Å². The summed E-state index contributed by atoms with van der Waals surface area (Å²) >= 11 is 5.86. The van der Waals surface area contributed by atoms with Crippen molar-refractivity contribution in [3.05, 3.63) is 65.2 Å². The van der Waals surface area contributed by atoms with Crippen LogP contribution in [0.25, 0.3) is 0 Å². The highest BCUT2D eigenvalue weighted by molar-refractivity contribution is 6.30. The quantitative estimate of drug-likeness (QED) is 0.792. The Hall–Kier alpha value is -2.33. The average molecular weight is 359 g/mol. The van der Waals surface area contributed by atoms with Crippen LogP contribution >= 0.6 is 11.6 Å². The zero-order valence-corrected chi connectivity index (χ0v) is 15.5. The first-order valence-electron chi connectivity index (χ1n) is 8.26. The Morgan fingerprint density at radius 3 is 2.20 bits per heavy atom. The molecule has 1 N–H and O–H groups in total. The van der Waals surface area contributed by atoms with E-state index in [0.29, 0.717) is 18.1 Å². The molecule has 25 heavy (non-hydrogen) atoms. The largest absolute Gasteiger partial charge is 0.351 e. The Kier molecular flexibility index (Phi) is 6.21. The summed E-state index contributed by atoms with van der Waals surface area (Å²) in [6.07, 6.45) is 0. The molecule has 0 bridgehead atoms. The Bertz CT molecular complexity index is 727. The number of anilines is 1. The molecule has 2 aromatic carbocycles. The summed E-state index contributed by atoms with van der Waals surface area (Å²) in [5, 5.41) is 3.49. The van der Waals surface area contributed by atoms with E-state index in [4.69, 9.17) is 11.6 Å². The van der Waals surface area contributed by atoms with Crippen LogP contribution in [0, 0.1) is 5.41 Å². The predicted octanol–water partition coefficient (Wildman–Crippen LogP) is 4.04. The van der Waals surface area contributed by atoms with E-state index < -0.39 is 5.41 Å². The SMILES string of the molecule is CCN(C(=O)C(C)(C)C(=O)NCc1ccc(Cl)cc1)c1ccccc1. The van der Waals surface area contributed by atoms with E-state index in [1.54, 1.807) is 30.9 Å². The van der Waals surface area contributed by atoms with Crippen molar-refractivity contribution in [2.75, 3.05) is 11.4 Å². The highest BCUT2D eigenvalue weighted by Gasteiger charge is 2.39. The van der Waals surface area contributed by atoms with Gasteiger partial charge in [0.1, 0.15) is 5.41 Å². The molecule has 0 saturated carbocycles. The Morgan fingerprint density at radius 1 is 1.04 bits per heavy atom. The summed E-state index contributed by atoms with van der Waals surface area (Å²) in [7, 11) is 0. The third-order valence-electron chi connectivity index (χ3n) is 4.10. The molecule has 0 spiro atoms. The van der Waals surface area contributed by atoms with Crippen LogP contribution in [0.2, 0.25) is 5.02 Å². The fraction of sp³-hybridized carbons (Fsp3) is 0.300. The number of benzene rings is 2. The summed E-state index contributed by atoms with van der Waals surface area (Å²) in [5.74, 6) is -0.531. The molecule has 0 heterocycles. The summed E-state index contributed by atoms with van der Waals surface area (Å²) in [6, 6.07) is 16.6. The molecule has 4 nitrogen and oxygen atoms in total. The number of carbonyl (C=O) groups excluding carboxylic acids is 2. The topological polar surface area (TPSA) is 49.4 Å². The Labute approximate surface area is 153 Å². The van der Waals surface area contributed by atoms with Crippen molar-refractivity contribution in [2.24, 2.45) is 5.41 Å². The second-order valence-corrected chi connectivity index (χ2v) is 6.76. The van der Waals surface area contributed by atoms with Gasteiger partial charge in [-0.05, 0) is 50.6 Å². The fourth-order valence-corrected chi connectivity index (χ4v) is 2.62. The van der Waals surface area contributed by atoms with Gasteiger partial charge in [-0.2, -0.15) is 0 Å². The molecule has 5 heteroatoms. The molecule has 0 aromatic heterocycles. The van der Waals surface area contributed by atoms with Crippen molar-refractivity contribution < 1.29 is 9.59 Å². The van der Waals surface area contributed by atoms with Crippen LogP contribution in [-0.4, -0.2) is 18.4 Å². The van der Waals surface area contributed by atoms with Crippen LogP contribution in [-0.2, 0) is 16.1 Å². The molecule has 0 saturated heterocycles. The molecule has 0 atom stereocenters. The minimum absolute atomic E-state index is 0.227. The normalized spacial score (nSPS) is 11.0. The minimum atomic E-state index is -1.17. The second-order valence-electron chi connectivity index (χ2n) is 6.32. The van der Waals surface area contributed by atoms with Crippen molar-refractivity contribution in [3.63, 3.8) is 0 Å². The van der Waals surface area contributed by atoms with E-state index in [0.717, 1.165) is 11.3 Å². The lowest BCUT2D eigenvalue weighted by Gasteiger charge is -2.30. The molecule has 0 aliphatic heterocycles. The maximum atomic E-state index is 12.9. The average Bonchev–Trinajstić information content (AvgIpc) is 2.62. The van der Waals surface area contributed by atoms with Crippen molar-refractivity contribution in [1.29, 1.82) is 0 Å². The number of carbonyl (C=O) groups is 2. The van der Waals surface area contributed by atoms with Crippen LogP contribution in [0.1, 0.15) is 26.3 Å². The molecule has 2 aromatic rings. The highest BCUT2D eigenvalue weighted by atomic mass is 35.5. The van der Waals surface area contributed by atoms with Crippen LogP contribution in [0.5, 0.6) is 0 Å². The maximum absolute atomic E-state index is 12.9. The van der Waals surface area contributed by atoms with Gasteiger partial charge >= 0.3 is 0 Å². The smallest absolute Gasteiger partial charge is 0.242 e. The molecule has 0 aliphatic rings. The van der Waals surface area contributed by atoms with Crippen LogP contribution in [0.4, 0.5) is 5.69 Å². The van der Waals surface area contributed by atoms with Crippen molar-refractivity contribution in [2.45, 2.75) is 27.3 Å². The van der Waals surface area contributed by atoms with E-state index >= 15 is 0 Å². The zero-order valence-electron chi connectivity index (χ0n) is 14.8. The van der Waals surface area contributed by atoms with E-state index in [-0.39, 0.29) is 11.8 Å². The molecule has 0 unspecified atom stereocenters. The van der Waals surface area contributed by atoms with Crippen molar-refractivity contribution in [1.82, 2.24) is 5.32 Å². The molecule has 0 fully saturated rings. The molecule has 0 aliphatic carbocycles. The number of nitrogens with zero attached hydrogens (tertiary/aromatic N) is 1. The molecular weight excluding hydrogens is 336 g/mol. The number of hydrogen-bond donors (Lipinski definition) is 1. The maximum Gasteiger partial charge on any atom is 0.242 e. The van der Waals surface area contributed by atoms with Gasteiger partial charge in [-0.15, -0.1) is 0 Å². The second kappa shape index (κ2) is 8.17. The monoisotopic (exact) mass is 358 g/mol. The third-order valence-corrected chi connectivity index (χ3v) is 4.35. The zero-order chi connectivity index (χ0) is 18.4. The first kappa shape index (κ1) is 19.0. The van der Waals surface area contributed by atoms with Crippen LogP contribution in [0.15, 0.2) is 54.6 Å². The van der Waals surface area contributed by atoms with Crippen molar-refractivity contribution >= 4 is 29.1 Å². The molecule has 2 rings (SSSR count). The number of nitrogens with one attached hydrogen (secondary N) is 1. The van der Waals surface area contributed by atoms with Gasteiger partial charge in [0.2, 0.25) is 11.8 Å². The fourth-order valence-electron chi connectivity index (χ4n) is 2.49. The summed E-state index contributed by atoms with van der Waals surface area (Å²) in [4.78, 5) is 27.2. The van der Waals surface area contributed by atoms with Gasteiger partial charge in [-0.25, -0.2) is 0 Å². The van der Waals surface area contributed by atoms with Gasteiger partial charge in [-0.1, -0.05) is 41.9 Å². The standard InChI is InChI=1S/C20H23ClN2O2/c1-4-23(17-8-6-5-7-9-17)19(25)20(2,3)18(24)22-14-15-10-12-16(21)13-11-15/h5-13H,4,14H2,1-3H3,(H,22,24). The van der Waals surface area contributed by atoms with Gasteiger partial charge in [0.25, 0.3) is 0 Å². The van der Waals surface area contributed by atoms with E-state index in [2.05, 4.69) is 5.32 Å². The first-order valence-corrected chi connectivity index (χ1v) is 8.63. The number of rotatable bonds is 6. The highest BCUT2D eigenvalue weighted by Crippen LogP contribution is 2.24. The molecular formula is C20H23ClN2O2. The van der Waals surface area contributed by atoms with Crippen LogP contribution in [0.3, 0.4) is 0 Å². The summed E-state index contributed by atoms with van der Waals surface area (Å²) in [5.41, 5.74) is 0.545. The van der Waals surface area contributed by atoms with Gasteiger partial charge in [0.05, 0.1) is 0 Å². The third kappa shape index (κ3) is 4.60. The molecule has 0 radical (unpaired) electrons. The number of para-hydroxylation sites is 1. The lowest BCUT2D eigenvalue weighted by Crippen LogP contribution is -2.49.